The molecule has 0 aliphatic heterocycles. The predicted octanol–water partition coefficient (Wildman–Crippen LogP) is 19.0. The van der Waals surface area contributed by atoms with E-state index in [9.17, 15) is 0 Å². The van der Waals surface area contributed by atoms with Crippen molar-refractivity contribution in [3.63, 3.8) is 0 Å². The molecule has 348 valence electrons. The van der Waals surface area contributed by atoms with Crippen LogP contribution in [0, 0.1) is 0 Å². The van der Waals surface area contributed by atoms with Crippen LogP contribution in [0.2, 0.25) is 0 Å². The average Bonchev–Trinajstić information content (AvgIpc) is 3.85. The number of rotatable bonds is 8. The molecule has 9 aromatic rings. The highest BCUT2D eigenvalue weighted by atomic mass is 15.1. The fourth-order valence-corrected chi connectivity index (χ4v) is 12.2. The molecule has 0 radical (unpaired) electrons. The molecule has 3 aliphatic rings. The molecule has 0 saturated heterocycles. The second kappa shape index (κ2) is 16.2. The lowest BCUT2D eigenvalue weighted by Crippen LogP contribution is -2.18. The first-order chi connectivity index (χ1) is 34.1. The van der Waals surface area contributed by atoms with Crippen LogP contribution in [0.5, 0.6) is 0 Å². The van der Waals surface area contributed by atoms with Gasteiger partial charge in [0.2, 0.25) is 0 Å². The van der Waals surface area contributed by atoms with Gasteiger partial charge in [-0.2, -0.15) is 0 Å². The molecule has 0 N–H and O–H groups in total. The summed E-state index contributed by atoms with van der Waals surface area (Å²) in [6.07, 6.45) is 4.60. The number of fused-ring (bicyclic) bond motifs is 9. The predicted molar refractivity (Wildman–Crippen MR) is 303 cm³/mol. The lowest BCUT2D eigenvalue weighted by atomic mass is 9.81. The summed E-state index contributed by atoms with van der Waals surface area (Å²) in [5, 5.41) is 0. The molecule has 3 aliphatic carbocycles. The molecular weight excluding hydrogens is 857 g/mol. The van der Waals surface area contributed by atoms with E-state index in [1.165, 1.54) is 94.8 Å². The van der Waals surface area contributed by atoms with E-state index in [1.54, 1.807) is 0 Å². The zero-order valence-corrected chi connectivity index (χ0v) is 42.6. The van der Waals surface area contributed by atoms with E-state index in [-0.39, 0.29) is 21.7 Å². The molecule has 0 atom stereocenters. The minimum atomic E-state index is -0.202. The maximum absolute atomic E-state index is 2.47. The molecule has 0 unspecified atom stereocenters. The summed E-state index contributed by atoms with van der Waals surface area (Å²) >= 11 is 0. The minimum Gasteiger partial charge on any atom is -0.310 e. The van der Waals surface area contributed by atoms with Crippen molar-refractivity contribution in [1.82, 2.24) is 0 Å². The molecule has 0 aromatic heterocycles. The fourth-order valence-electron chi connectivity index (χ4n) is 12.2. The molecule has 2 nitrogen and oxygen atoms in total. The van der Waals surface area contributed by atoms with Gasteiger partial charge in [-0.1, -0.05) is 202 Å². The van der Waals surface area contributed by atoms with Crippen LogP contribution >= 0.6 is 0 Å². The lowest BCUT2D eigenvalue weighted by molar-refractivity contribution is 0.590. The van der Waals surface area contributed by atoms with E-state index in [4.69, 9.17) is 0 Å². The van der Waals surface area contributed by atoms with Crippen molar-refractivity contribution >= 4 is 46.3 Å². The zero-order valence-electron chi connectivity index (χ0n) is 42.6. The van der Waals surface area contributed by atoms with Crippen LogP contribution in [0.3, 0.4) is 0 Å². The Morgan fingerprint density at radius 1 is 0.296 bits per heavy atom. The Morgan fingerprint density at radius 3 is 1.03 bits per heavy atom. The van der Waals surface area contributed by atoms with Crippen LogP contribution in [-0.4, -0.2) is 0 Å². The van der Waals surface area contributed by atoms with E-state index in [0.717, 1.165) is 22.7 Å². The normalized spacial score (nSPS) is 15.1. The third-order valence-corrected chi connectivity index (χ3v) is 16.2. The third kappa shape index (κ3) is 7.21. The molecule has 2 heteroatoms. The van der Waals surface area contributed by atoms with Gasteiger partial charge in [0.1, 0.15) is 0 Å². The van der Waals surface area contributed by atoms with Gasteiger partial charge in [-0.15, -0.1) is 0 Å². The van der Waals surface area contributed by atoms with E-state index < -0.39 is 0 Å². The summed E-state index contributed by atoms with van der Waals surface area (Å²) in [7, 11) is 0. The fraction of sp³-hybridized carbons (Fsp3) is 0.188. The van der Waals surface area contributed by atoms with Gasteiger partial charge in [0.25, 0.3) is 0 Å². The van der Waals surface area contributed by atoms with Gasteiger partial charge in [-0.25, -0.2) is 0 Å². The Kier molecular flexibility index (Phi) is 10.2. The second-order valence-corrected chi connectivity index (χ2v) is 22.7. The van der Waals surface area contributed by atoms with Crippen LogP contribution in [0.1, 0.15) is 112 Å². The van der Waals surface area contributed by atoms with Gasteiger partial charge in [-0.3, -0.25) is 0 Å². The summed E-state index contributed by atoms with van der Waals surface area (Å²) in [5.74, 6) is 0. The zero-order chi connectivity index (χ0) is 49.0. The maximum atomic E-state index is 2.47. The number of anilines is 6. The van der Waals surface area contributed by atoms with Crippen LogP contribution in [0.4, 0.5) is 34.1 Å². The van der Waals surface area contributed by atoms with E-state index >= 15 is 0 Å². The summed E-state index contributed by atoms with van der Waals surface area (Å²) in [6.45, 7) is 21.2. The Bertz CT molecular complexity index is 3540. The van der Waals surface area contributed by atoms with Crippen molar-refractivity contribution in [3.05, 3.63) is 250 Å². The highest BCUT2D eigenvalue weighted by molar-refractivity contribution is 5.90. The van der Waals surface area contributed by atoms with Crippen molar-refractivity contribution in [1.29, 1.82) is 0 Å². The van der Waals surface area contributed by atoms with Gasteiger partial charge in [0.05, 0.1) is 0 Å². The van der Waals surface area contributed by atoms with Crippen LogP contribution in [0.15, 0.2) is 200 Å². The van der Waals surface area contributed by atoms with Crippen molar-refractivity contribution in [2.45, 2.75) is 84.0 Å². The van der Waals surface area contributed by atoms with Crippen molar-refractivity contribution in [2.75, 3.05) is 9.80 Å². The van der Waals surface area contributed by atoms with Gasteiger partial charge < -0.3 is 9.80 Å². The topological polar surface area (TPSA) is 6.48 Å². The first-order valence-corrected chi connectivity index (χ1v) is 25.4. The first kappa shape index (κ1) is 44.5. The van der Waals surface area contributed by atoms with Crippen LogP contribution in [0.25, 0.3) is 45.5 Å². The molecule has 71 heavy (non-hydrogen) atoms. The van der Waals surface area contributed by atoms with Gasteiger partial charge >= 0.3 is 0 Å². The van der Waals surface area contributed by atoms with Crippen LogP contribution < -0.4 is 9.80 Å². The standard InChI is InChI=1S/C69H62N2/c1-66(2,3)47-28-30-50(31-29-47)71(52-33-37-57-54-22-16-17-23-60(54)67(4,5)63(57)43-52)53-34-39-59-56-36-27-46(41-62(56)69(8,9)65(59)44-53)25-24-45-26-35-55-58-38-32-51(42-64(58)68(6,7)61(55)40-45)70(48-18-12-10-13-19-48)49-20-14-11-15-21-49/h10-44H,1-9H3/b25-24+. The molecule has 0 saturated carbocycles. The van der Waals surface area contributed by atoms with Gasteiger partial charge in [0.15, 0.2) is 0 Å². The van der Waals surface area contributed by atoms with Gasteiger partial charge in [0, 0.05) is 50.4 Å². The van der Waals surface area contributed by atoms with Crippen LogP contribution in [-0.2, 0) is 21.7 Å². The van der Waals surface area contributed by atoms with E-state index in [2.05, 4.69) is 284 Å². The van der Waals surface area contributed by atoms with E-state index in [0.29, 0.717) is 0 Å². The molecule has 12 rings (SSSR count). The minimum absolute atomic E-state index is 0.0647. The number of para-hydroxylation sites is 2. The molecule has 0 fully saturated rings. The summed E-state index contributed by atoms with van der Waals surface area (Å²) in [4.78, 5) is 4.83. The SMILES string of the molecule is CC(C)(C)c1ccc(N(c2ccc3c(c2)C(C)(C)c2ccccc2-3)c2ccc3c(c2)C(C)(C)c2cc(/C=C/c4ccc5c(c4)C(C)(C)c4cc(N(c6ccccc6)c6ccccc6)ccc4-5)ccc2-3)cc1. The van der Waals surface area contributed by atoms with Crippen molar-refractivity contribution in [2.24, 2.45) is 0 Å². The number of nitrogens with zero attached hydrogens (tertiary/aromatic N) is 2. The number of hydrogen-bond donors (Lipinski definition) is 0. The molecular formula is C69H62N2. The summed E-state index contributed by atoms with van der Waals surface area (Å²) in [6, 6.07) is 74.9. The number of hydrogen-bond acceptors (Lipinski definition) is 2. The van der Waals surface area contributed by atoms with Crippen molar-refractivity contribution in [3.8, 4) is 33.4 Å². The quantitative estimate of drug-likeness (QED) is 0.140. The van der Waals surface area contributed by atoms with Crippen molar-refractivity contribution < 1.29 is 0 Å². The molecule has 0 amide bonds. The first-order valence-electron chi connectivity index (χ1n) is 25.4. The Hall–Kier alpha value is -7.68. The summed E-state index contributed by atoms with van der Waals surface area (Å²) in [5.41, 5.74) is 26.5. The molecule has 9 aromatic carbocycles. The smallest absolute Gasteiger partial charge is 0.0465 e. The Morgan fingerprint density at radius 2 is 0.606 bits per heavy atom. The summed E-state index contributed by atoms with van der Waals surface area (Å²) < 4.78 is 0. The van der Waals surface area contributed by atoms with E-state index in [1.807, 2.05) is 0 Å². The monoisotopic (exact) mass is 918 g/mol. The highest BCUT2D eigenvalue weighted by Crippen LogP contribution is 2.55. The second-order valence-electron chi connectivity index (χ2n) is 22.7. The van der Waals surface area contributed by atoms with Gasteiger partial charge in [-0.05, 0) is 162 Å². The third-order valence-electron chi connectivity index (χ3n) is 16.2. The molecule has 0 bridgehead atoms. The highest BCUT2D eigenvalue weighted by Gasteiger charge is 2.39. The Balaban J connectivity index is 0.852. The lowest BCUT2D eigenvalue weighted by Gasteiger charge is -2.30. The number of benzene rings is 9. The maximum Gasteiger partial charge on any atom is 0.0465 e. The molecule has 0 spiro atoms. The molecule has 0 heterocycles. The Labute approximate surface area is 421 Å². The largest absolute Gasteiger partial charge is 0.310 e. The average molecular weight is 919 g/mol.